The van der Waals surface area contributed by atoms with Crippen molar-refractivity contribution < 1.29 is 38.2 Å². The molecule has 0 bridgehead atoms. The van der Waals surface area contributed by atoms with Gasteiger partial charge in [-0.2, -0.15) is 0 Å². The van der Waals surface area contributed by atoms with Crippen molar-refractivity contribution in [3.63, 3.8) is 0 Å². The Labute approximate surface area is 292 Å². The standard InChI is InChI=1S/C36H48N6O8/c1-21(2)29(39-35(47)49-5)33(45)41-19-7-9-27(41)31(43)37-25-15-11-23(12-16-25)24-13-17-26(18-14-24)38-32(44)28-10-8-20-42(28)34(46)30(22(3)4)40-36(48)50-6/h11-18,21-22,27-30H,7-10,19-20H2,1-6H3,(H,37,43)(H,38,44)(H,39,47)(H,40,48)/t27-,28-,29?,30?/m0/s1. The lowest BCUT2D eigenvalue weighted by molar-refractivity contribution is -0.139. The second kappa shape index (κ2) is 17.0. The lowest BCUT2D eigenvalue weighted by Crippen LogP contribution is -2.54. The summed E-state index contributed by atoms with van der Waals surface area (Å²) in [6, 6.07) is 11.7. The van der Waals surface area contributed by atoms with E-state index in [4.69, 9.17) is 0 Å². The number of carbonyl (C=O) groups is 6. The first-order chi connectivity index (χ1) is 23.8. The SMILES string of the molecule is COC(=O)NC(C(=O)N1CCC[C@H]1C(=O)Nc1ccc(-c2ccc(NC(=O)[C@@H]3CCCN3C(=O)C(NC(=O)OC)C(C)C)cc2)cc1)C(C)C. The molecule has 14 nitrogen and oxygen atoms in total. The van der Waals surface area contributed by atoms with Gasteiger partial charge in [0.1, 0.15) is 24.2 Å². The zero-order chi connectivity index (χ0) is 36.5. The molecule has 2 aromatic rings. The zero-order valence-corrected chi connectivity index (χ0v) is 29.5. The Morgan fingerprint density at radius 3 is 1.24 bits per heavy atom. The maximum atomic E-state index is 13.3. The fraction of sp³-hybridized carbons (Fsp3) is 0.500. The van der Waals surface area contributed by atoms with Gasteiger partial charge in [-0.3, -0.25) is 19.2 Å². The molecular formula is C36H48N6O8. The maximum Gasteiger partial charge on any atom is 0.407 e. The molecule has 0 saturated carbocycles. The predicted molar refractivity (Wildman–Crippen MR) is 187 cm³/mol. The molecule has 2 aliphatic heterocycles. The van der Waals surface area contributed by atoms with Crippen LogP contribution in [0.4, 0.5) is 21.0 Å². The van der Waals surface area contributed by atoms with E-state index in [0.717, 1.165) is 11.1 Å². The number of alkyl carbamates (subject to hydrolysis) is 2. The van der Waals surface area contributed by atoms with Gasteiger partial charge in [-0.25, -0.2) is 9.59 Å². The van der Waals surface area contributed by atoms with Gasteiger partial charge >= 0.3 is 12.2 Å². The van der Waals surface area contributed by atoms with Crippen LogP contribution in [-0.2, 0) is 28.7 Å². The molecule has 6 amide bonds. The number of amides is 6. The van der Waals surface area contributed by atoms with Crippen molar-refractivity contribution in [3.8, 4) is 11.1 Å². The van der Waals surface area contributed by atoms with Gasteiger partial charge in [0.05, 0.1) is 14.2 Å². The highest BCUT2D eigenvalue weighted by Gasteiger charge is 2.40. The minimum Gasteiger partial charge on any atom is -0.453 e. The summed E-state index contributed by atoms with van der Waals surface area (Å²) in [5.74, 6) is -1.63. The largest absolute Gasteiger partial charge is 0.453 e. The quantitative estimate of drug-likeness (QED) is 0.274. The zero-order valence-electron chi connectivity index (χ0n) is 29.5. The van der Waals surface area contributed by atoms with Gasteiger partial charge in [0, 0.05) is 24.5 Å². The van der Waals surface area contributed by atoms with Gasteiger partial charge in [0.25, 0.3) is 0 Å². The fourth-order valence-electron chi connectivity index (χ4n) is 6.31. The van der Waals surface area contributed by atoms with Crippen LogP contribution in [0.25, 0.3) is 11.1 Å². The molecule has 0 aliphatic carbocycles. The average Bonchev–Trinajstić information content (AvgIpc) is 3.80. The molecule has 2 fully saturated rings. The number of nitrogens with one attached hydrogen (secondary N) is 4. The summed E-state index contributed by atoms with van der Waals surface area (Å²) >= 11 is 0. The highest BCUT2D eigenvalue weighted by molar-refractivity contribution is 6.00. The smallest absolute Gasteiger partial charge is 0.407 e. The Hall–Kier alpha value is -5.14. The summed E-state index contributed by atoms with van der Waals surface area (Å²) in [6.45, 7) is 8.12. The number of benzene rings is 2. The molecule has 14 heteroatoms. The van der Waals surface area contributed by atoms with Gasteiger partial charge in [0.15, 0.2) is 0 Å². The minimum atomic E-state index is -0.809. The number of rotatable bonds is 11. The molecule has 0 radical (unpaired) electrons. The summed E-state index contributed by atoms with van der Waals surface area (Å²) in [4.78, 5) is 79.8. The van der Waals surface area contributed by atoms with E-state index in [0.29, 0.717) is 50.1 Å². The molecular weight excluding hydrogens is 644 g/mol. The van der Waals surface area contributed by atoms with E-state index in [1.165, 1.54) is 24.0 Å². The van der Waals surface area contributed by atoms with E-state index < -0.39 is 36.4 Å². The number of hydrogen-bond acceptors (Lipinski definition) is 8. The molecule has 4 N–H and O–H groups in total. The van der Waals surface area contributed by atoms with Crippen LogP contribution in [0.3, 0.4) is 0 Å². The predicted octanol–water partition coefficient (Wildman–Crippen LogP) is 3.97. The number of nitrogens with zero attached hydrogens (tertiary/aromatic N) is 2. The molecule has 2 heterocycles. The van der Waals surface area contributed by atoms with Crippen molar-refractivity contribution in [1.82, 2.24) is 20.4 Å². The second-order valence-corrected chi connectivity index (χ2v) is 13.2. The van der Waals surface area contributed by atoms with Crippen molar-refractivity contribution in [2.75, 3.05) is 37.9 Å². The van der Waals surface area contributed by atoms with Crippen LogP contribution in [0, 0.1) is 11.8 Å². The Morgan fingerprint density at radius 1 is 0.600 bits per heavy atom. The average molecular weight is 693 g/mol. The van der Waals surface area contributed by atoms with Crippen molar-refractivity contribution >= 4 is 47.2 Å². The number of anilines is 2. The van der Waals surface area contributed by atoms with Crippen LogP contribution in [0.1, 0.15) is 53.4 Å². The summed E-state index contributed by atoms with van der Waals surface area (Å²) in [5, 5.41) is 11.0. The van der Waals surface area contributed by atoms with Gasteiger partial charge in [0.2, 0.25) is 23.6 Å². The van der Waals surface area contributed by atoms with E-state index in [2.05, 4.69) is 30.7 Å². The highest BCUT2D eigenvalue weighted by atomic mass is 16.5. The molecule has 270 valence electrons. The molecule has 2 saturated heterocycles. The summed E-state index contributed by atoms with van der Waals surface area (Å²) in [7, 11) is 2.47. The Kier molecular flexibility index (Phi) is 12.8. The number of ether oxygens (including phenoxy) is 2. The van der Waals surface area contributed by atoms with Crippen LogP contribution in [-0.4, -0.2) is 97.1 Å². The first-order valence-electron chi connectivity index (χ1n) is 17.0. The van der Waals surface area contributed by atoms with E-state index in [-0.39, 0.29) is 35.5 Å². The van der Waals surface area contributed by atoms with E-state index >= 15 is 0 Å². The highest BCUT2D eigenvalue weighted by Crippen LogP contribution is 2.27. The Balaban J connectivity index is 1.35. The van der Waals surface area contributed by atoms with E-state index in [1.54, 1.807) is 24.3 Å². The molecule has 0 aromatic heterocycles. The lowest BCUT2D eigenvalue weighted by atomic mass is 10.0. The first-order valence-corrected chi connectivity index (χ1v) is 17.0. The third-order valence-electron chi connectivity index (χ3n) is 9.10. The van der Waals surface area contributed by atoms with Gasteiger partial charge in [-0.05, 0) is 72.9 Å². The molecule has 4 atom stereocenters. The summed E-state index contributed by atoms with van der Waals surface area (Å²) < 4.78 is 9.34. The molecule has 50 heavy (non-hydrogen) atoms. The van der Waals surface area contributed by atoms with Crippen LogP contribution in [0.5, 0.6) is 0 Å². The Morgan fingerprint density at radius 2 is 0.940 bits per heavy atom. The van der Waals surface area contributed by atoms with E-state index in [1.807, 2.05) is 52.0 Å². The third kappa shape index (κ3) is 9.10. The maximum absolute atomic E-state index is 13.3. The normalized spacial score (nSPS) is 18.3. The van der Waals surface area contributed by atoms with Crippen LogP contribution >= 0.6 is 0 Å². The monoisotopic (exact) mass is 692 g/mol. The van der Waals surface area contributed by atoms with Crippen LogP contribution < -0.4 is 21.3 Å². The van der Waals surface area contributed by atoms with Gasteiger partial charge in [-0.1, -0.05) is 52.0 Å². The van der Waals surface area contributed by atoms with Crippen LogP contribution in [0.15, 0.2) is 48.5 Å². The summed E-state index contributed by atoms with van der Waals surface area (Å²) in [6.07, 6.45) is 0.976. The number of carbonyl (C=O) groups excluding carboxylic acids is 6. The lowest BCUT2D eigenvalue weighted by Gasteiger charge is -2.30. The number of methoxy groups -OCH3 is 2. The first kappa shape index (κ1) is 37.7. The number of likely N-dealkylation sites (tertiary alicyclic amines) is 2. The molecule has 4 rings (SSSR count). The molecule has 2 aromatic carbocycles. The molecule has 2 unspecified atom stereocenters. The fourth-order valence-corrected chi connectivity index (χ4v) is 6.31. The van der Waals surface area contributed by atoms with Crippen molar-refractivity contribution in [2.45, 2.75) is 77.5 Å². The second-order valence-electron chi connectivity index (χ2n) is 13.2. The third-order valence-corrected chi connectivity index (χ3v) is 9.10. The van der Waals surface area contributed by atoms with Crippen molar-refractivity contribution in [1.29, 1.82) is 0 Å². The van der Waals surface area contributed by atoms with Gasteiger partial charge in [-0.15, -0.1) is 0 Å². The summed E-state index contributed by atoms with van der Waals surface area (Å²) in [5.41, 5.74) is 2.93. The van der Waals surface area contributed by atoms with E-state index in [9.17, 15) is 28.8 Å². The van der Waals surface area contributed by atoms with Crippen molar-refractivity contribution in [3.05, 3.63) is 48.5 Å². The van der Waals surface area contributed by atoms with Crippen LogP contribution in [0.2, 0.25) is 0 Å². The van der Waals surface area contributed by atoms with Crippen molar-refractivity contribution in [2.24, 2.45) is 11.8 Å². The molecule has 2 aliphatic rings. The Bertz CT molecular complexity index is 1430. The van der Waals surface area contributed by atoms with Gasteiger partial charge < -0.3 is 40.5 Å². The molecule has 0 spiro atoms. The minimum absolute atomic E-state index is 0.196. The number of hydrogen-bond donors (Lipinski definition) is 4. The topological polar surface area (TPSA) is 175 Å².